The Morgan fingerprint density at radius 2 is 1.94 bits per heavy atom. The lowest BCUT2D eigenvalue weighted by Crippen LogP contribution is -2.51. The molecule has 1 aromatic rings. The zero-order valence-electron chi connectivity index (χ0n) is 10.1. The van der Waals surface area contributed by atoms with Crippen molar-refractivity contribution >= 4 is 0 Å². The van der Waals surface area contributed by atoms with Crippen LogP contribution in [0.3, 0.4) is 0 Å². The van der Waals surface area contributed by atoms with Gasteiger partial charge in [-0.25, -0.2) is 0 Å². The van der Waals surface area contributed by atoms with Gasteiger partial charge in [0.25, 0.3) is 0 Å². The first-order valence-electron chi connectivity index (χ1n) is 6.57. The van der Waals surface area contributed by atoms with Crippen molar-refractivity contribution in [1.82, 2.24) is 10.2 Å². The van der Waals surface area contributed by atoms with Crippen LogP contribution in [0.25, 0.3) is 0 Å². The highest BCUT2D eigenvalue weighted by Crippen LogP contribution is 2.32. The van der Waals surface area contributed by atoms with Gasteiger partial charge in [0.2, 0.25) is 0 Å². The highest BCUT2D eigenvalue weighted by Gasteiger charge is 2.32. The molecule has 1 saturated heterocycles. The van der Waals surface area contributed by atoms with E-state index in [4.69, 9.17) is 0 Å². The quantitative estimate of drug-likeness (QED) is 0.756. The van der Waals surface area contributed by atoms with Gasteiger partial charge in [-0.2, -0.15) is 0 Å². The van der Waals surface area contributed by atoms with Gasteiger partial charge in [0.15, 0.2) is 0 Å². The van der Waals surface area contributed by atoms with Crippen molar-refractivity contribution in [1.29, 1.82) is 0 Å². The summed E-state index contributed by atoms with van der Waals surface area (Å²) in [5.74, 6) is 0. The molecule has 3 heteroatoms. The van der Waals surface area contributed by atoms with Crippen molar-refractivity contribution in [3.05, 3.63) is 35.4 Å². The number of hydrogen-bond acceptors (Lipinski definition) is 3. The molecule has 0 aromatic heterocycles. The Labute approximate surface area is 102 Å². The van der Waals surface area contributed by atoms with Crippen LogP contribution in [-0.2, 0) is 6.42 Å². The Morgan fingerprint density at radius 1 is 1.18 bits per heavy atom. The molecule has 1 fully saturated rings. The van der Waals surface area contributed by atoms with Gasteiger partial charge in [0.05, 0.1) is 6.10 Å². The van der Waals surface area contributed by atoms with E-state index in [9.17, 15) is 5.11 Å². The van der Waals surface area contributed by atoms with Gasteiger partial charge in [-0.05, 0) is 24.0 Å². The highest BCUT2D eigenvalue weighted by molar-refractivity contribution is 5.32. The van der Waals surface area contributed by atoms with Gasteiger partial charge >= 0.3 is 0 Å². The zero-order chi connectivity index (χ0) is 11.7. The molecule has 3 rings (SSSR count). The smallest absolute Gasteiger partial charge is 0.0947 e. The molecule has 0 bridgehead atoms. The van der Waals surface area contributed by atoms with Crippen LogP contribution >= 0.6 is 0 Å². The lowest BCUT2D eigenvalue weighted by atomic mass is 9.85. The number of aryl methyl sites for hydroxylation is 1. The van der Waals surface area contributed by atoms with E-state index in [2.05, 4.69) is 28.4 Å². The van der Waals surface area contributed by atoms with E-state index in [1.165, 1.54) is 5.56 Å². The fourth-order valence-corrected chi connectivity index (χ4v) is 3.11. The van der Waals surface area contributed by atoms with Gasteiger partial charge < -0.3 is 10.4 Å². The maximum absolute atomic E-state index is 10.5. The standard InChI is InChI=1S/C14H20N2O/c17-14-12-4-2-1-3-11(12)5-6-13(14)16-9-7-15-8-10-16/h1-4,13-15,17H,5-10H2/t13-,14-/m1/s1. The Hall–Kier alpha value is -0.900. The van der Waals surface area contributed by atoms with E-state index >= 15 is 0 Å². The first kappa shape index (κ1) is 11.2. The van der Waals surface area contributed by atoms with E-state index in [1.54, 1.807) is 0 Å². The summed E-state index contributed by atoms with van der Waals surface area (Å²) in [5.41, 5.74) is 2.47. The molecule has 2 N–H and O–H groups in total. The highest BCUT2D eigenvalue weighted by atomic mass is 16.3. The summed E-state index contributed by atoms with van der Waals surface area (Å²) >= 11 is 0. The largest absolute Gasteiger partial charge is 0.387 e. The SMILES string of the molecule is O[C@@H]1c2ccccc2CC[C@H]1N1CCNCC1. The van der Waals surface area contributed by atoms with E-state index in [1.807, 2.05) is 6.07 Å². The number of benzene rings is 1. The zero-order valence-corrected chi connectivity index (χ0v) is 10.1. The first-order valence-corrected chi connectivity index (χ1v) is 6.57. The molecular weight excluding hydrogens is 212 g/mol. The lowest BCUT2D eigenvalue weighted by molar-refractivity contribution is 0.0297. The summed E-state index contributed by atoms with van der Waals surface area (Å²) in [7, 11) is 0. The number of aliphatic hydroxyl groups excluding tert-OH is 1. The lowest BCUT2D eigenvalue weighted by Gasteiger charge is -2.40. The molecule has 0 unspecified atom stereocenters. The van der Waals surface area contributed by atoms with Crippen LogP contribution in [0.2, 0.25) is 0 Å². The van der Waals surface area contributed by atoms with E-state index < -0.39 is 0 Å². The van der Waals surface area contributed by atoms with Crippen molar-refractivity contribution < 1.29 is 5.11 Å². The van der Waals surface area contributed by atoms with E-state index in [0.717, 1.165) is 44.6 Å². The summed E-state index contributed by atoms with van der Waals surface area (Å²) in [6.07, 6.45) is 1.87. The van der Waals surface area contributed by atoms with Gasteiger partial charge in [-0.3, -0.25) is 4.90 Å². The summed E-state index contributed by atoms with van der Waals surface area (Å²) in [4.78, 5) is 2.44. The minimum Gasteiger partial charge on any atom is -0.387 e. The van der Waals surface area contributed by atoms with Crippen molar-refractivity contribution in [2.45, 2.75) is 25.0 Å². The summed E-state index contributed by atoms with van der Waals surface area (Å²) in [6.45, 7) is 4.21. The van der Waals surface area contributed by atoms with Crippen LogP contribution in [0.15, 0.2) is 24.3 Å². The molecule has 0 spiro atoms. The Balaban J connectivity index is 1.81. The van der Waals surface area contributed by atoms with Gasteiger partial charge in [-0.15, -0.1) is 0 Å². The van der Waals surface area contributed by atoms with Crippen molar-refractivity contribution in [3.63, 3.8) is 0 Å². The molecule has 1 heterocycles. The van der Waals surface area contributed by atoms with Crippen molar-refractivity contribution in [2.24, 2.45) is 0 Å². The van der Waals surface area contributed by atoms with Gasteiger partial charge in [-0.1, -0.05) is 24.3 Å². The fourth-order valence-electron chi connectivity index (χ4n) is 3.11. The number of nitrogens with zero attached hydrogens (tertiary/aromatic N) is 1. The monoisotopic (exact) mass is 232 g/mol. The maximum Gasteiger partial charge on any atom is 0.0947 e. The van der Waals surface area contributed by atoms with Gasteiger partial charge in [0, 0.05) is 32.2 Å². The van der Waals surface area contributed by atoms with Crippen LogP contribution in [0.1, 0.15) is 23.7 Å². The molecule has 1 aliphatic carbocycles. The number of nitrogens with one attached hydrogen (secondary N) is 1. The number of hydrogen-bond donors (Lipinski definition) is 2. The first-order chi connectivity index (χ1) is 8.36. The normalized spacial score (nSPS) is 29.9. The van der Waals surface area contributed by atoms with E-state index in [0.29, 0.717) is 6.04 Å². The third-order valence-corrected chi connectivity index (χ3v) is 4.07. The number of fused-ring (bicyclic) bond motifs is 1. The van der Waals surface area contributed by atoms with Crippen molar-refractivity contribution in [2.75, 3.05) is 26.2 Å². The fraction of sp³-hybridized carbons (Fsp3) is 0.571. The molecule has 3 nitrogen and oxygen atoms in total. The topological polar surface area (TPSA) is 35.5 Å². The number of piperazine rings is 1. The molecule has 17 heavy (non-hydrogen) atoms. The van der Waals surface area contributed by atoms with Crippen molar-refractivity contribution in [3.8, 4) is 0 Å². The molecular formula is C14H20N2O. The molecule has 1 aromatic carbocycles. The Kier molecular flexibility index (Phi) is 3.14. The summed E-state index contributed by atoms with van der Waals surface area (Å²) in [6, 6.07) is 8.63. The van der Waals surface area contributed by atoms with Crippen LogP contribution in [0.5, 0.6) is 0 Å². The van der Waals surface area contributed by atoms with Crippen LogP contribution in [-0.4, -0.2) is 42.2 Å². The minimum atomic E-state index is -0.307. The third-order valence-electron chi connectivity index (χ3n) is 4.07. The third kappa shape index (κ3) is 2.10. The predicted octanol–water partition coefficient (Wildman–Crippen LogP) is 0.940. The van der Waals surface area contributed by atoms with E-state index in [-0.39, 0.29) is 6.10 Å². The van der Waals surface area contributed by atoms with Gasteiger partial charge in [0.1, 0.15) is 0 Å². The Morgan fingerprint density at radius 3 is 2.76 bits per heavy atom. The van der Waals surface area contributed by atoms with Crippen LogP contribution < -0.4 is 5.32 Å². The number of rotatable bonds is 1. The minimum absolute atomic E-state index is 0.307. The average Bonchev–Trinajstić information content (AvgIpc) is 2.40. The molecule has 1 aliphatic heterocycles. The maximum atomic E-state index is 10.5. The predicted molar refractivity (Wildman–Crippen MR) is 68.0 cm³/mol. The molecule has 2 atom stereocenters. The van der Waals surface area contributed by atoms with Crippen LogP contribution in [0, 0.1) is 0 Å². The second-order valence-electron chi connectivity index (χ2n) is 5.04. The second kappa shape index (κ2) is 4.77. The molecule has 0 radical (unpaired) electrons. The van der Waals surface area contributed by atoms with Crippen LogP contribution in [0.4, 0.5) is 0 Å². The Bertz CT molecular complexity index is 388. The molecule has 0 amide bonds. The molecule has 0 saturated carbocycles. The number of aliphatic hydroxyl groups is 1. The summed E-state index contributed by atoms with van der Waals surface area (Å²) < 4.78 is 0. The molecule has 92 valence electrons. The molecule has 2 aliphatic rings. The average molecular weight is 232 g/mol. The second-order valence-corrected chi connectivity index (χ2v) is 5.04. The summed E-state index contributed by atoms with van der Waals surface area (Å²) in [5, 5.41) is 13.9.